The van der Waals surface area contributed by atoms with Crippen molar-refractivity contribution in [1.29, 1.82) is 0 Å². The normalized spacial score (nSPS) is 10.5. The lowest BCUT2D eigenvalue weighted by Crippen LogP contribution is -2.02. The van der Waals surface area contributed by atoms with E-state index in [2.05, 4.69) is 5.32 Å². The van der Waals surface area contributed by atoms with E-state index in [4.69, 9.17) is 11.6 Å². The second-order valence-corrected chi connectivity index (χ2v) is 7.67. The Labute approximate surface area is 176 Å². The first kappa shape index (κ1) is 20.7. The molecule has 0 atom stereocenters. The van der Waals surface area contributed by atoms with E-state index >= 15 is 0 Å². The lowest BCUT2D eigenvalue weighted by molar-refractivity contribution is -0.384. The van der Waals surface area contributed by atoms with Crippen molar-refractivity contribution < 1.29 is 14.8 Å². The van der Waals surface area contributed by atoms with Crippen LogP contribution in [0.5, 0.6) is 5.75 Å². The van der Waals surface area contributed by atoms with Gasteiger partial charge in [-0.2, -0.15) is 0 Å². The highest BCUT2D eigenvalue weighted by Crippen LogP contribution is 2.34. The van der Waals surface area contributed by atoms with Gasteiger partial charge in [-0.25, -0.2) is 0 Å². The van der Waals surface area contributed by atoms with Gasteiger partial charge in [-0.3, -0.25) is 10.1 Å². The average molecular weight is 429 g/mol. The van der Waals surface area contributed by atoms with Gasteiger partial charge < -0.3 is 15.2 Å². The molecule has 0 bridgehead atoms. The first-order valence-corrected chi connectivity index (χ1v) is 9.86. The molecule has 3 rings (SSSR count). The van der Waals surface area contributed by atoms with E-state index in [1.165, 1.54) is 23.9 Å². The van der Waals surface area contributed by atoms with Crippen LogP contribution in [0.2, 0.25) is 5.02 Å². The summed E-state index contributed by atoms with van der Waals surface area (Å²) in [5.41, 5.74) is 2.24. The zero-order valence-electron chi connectivity index (χ0n) is 15.2. The molecule has 3 aromatic rings. The van der Waals surface area contributed by atoms with Crippen LogP contribution in [0.15, 0.2) is 70.5 Å². The van der Waals surface area contributed by atoms with Crippen LogP contribution in [-0.4, -0.2) is 16.3 Å². The molecule has 0 unspecified atom stereocenters. The summed E-state index contributed by atoms with van der Waals surface area (Å²) in [6, 6.07) is 17.5. The molecule has 0 aliphatic heterocycles. The Morgan fingerprint density at radius 2 is 1.83 bits per heavy atom. The Balaban J connectivity index is 1.76. The molecule has 8 heteroatoms. The molecule has 148 valence electrons. The predicted molar refractivity (Wildman–Crippen MR) is 114 cm³/mol. The summed E-state index contributed by atoms with van der Waals surface area (Å²) in [5.74, 6) is -0.0848. The SMILES string of the molecule is O=CCc1cc(NCc2ccccc2Sc2ccc([N+](=O)[O-])cc2)cc(Cl)c1O. The maximum Gasteiger partial charge on any atom is 0.269 e. The highest BCUT2D eigenvalue weighted by molar-refractivity contribution is 7.99. The van der Waals surface area contributed by atoms with E-state index in [9.17, 15) is 20.0 Å². The molecule has 0 heterocycles. The number of aldehydes is 1. The quantitative estimate of drug-likeness (QED) is 0.214. The molecular weight excluding hydrogens is 412 g/mol. The molecule has 0 aliphatic carbocycles. The van der Waals surface area contributed by atoms with Crippen LogP contribution in [0.1, 0.15) is 11.1 Å². The second kappa shape index (κ2) is 9.45. The van der Waals surface area contributed by atoms with E-state index in [-0.39, 0.29) is 22.9 Å². The molecule has 0 fully saturated rings. The average Bonchev–Trinajstić information content (AvgIpc) is 2.71. The monoisotopic (exact) mass is 428 g/mol. The number of nitrogens with zero attached hydrogens (tertiary/aromatic N) is 1. The topological polar surface area (TPSA) is 92.5 Å². The molecule has 0 amide bonds. The summed E-state index contributed by atoms with van der Waals surface area (Å²) < 4.78 is 0. The number of carbonyl (C=O) groups excluding carboxylic acids is 1. The molecule has 0 radical (unpaired) electrons. The molecule has 3 aromatic carbocycles. The van der Waals surface area contributed by atoms with Gasteiger partial charge in [0.25, 0.3) is 5.69 Å². The zero-order chi connectivity index (χ0) is 20.8. The molecule has 0 saturated carbocycles. The maximum atomic E-state index is 10.8. The minimum atomic E-state index is -0.423. The summed E-state index contributed by atoms with van der Waals surface area (Å²) in [4.78, 5) is 23.1. The number of hydrogen-bond donors (Lipinski definition) is 2. The van der Waals surface area contributed by atoms with Crippen LogP contribution in [0.4, 0.5) is 11.4 Å². The summed E-state index contributed by atoms with van der Waals surface area (Å²) in [6.45, 7) is 0.498. The number of carbonyl (C=O) groups is 1. The van der Waals surface area contributed by atoms with E-state index in [1.807, 2.05) is 24.3 Å². The number of halogens is 1. The summed E-state index contributed by atoms with van der Waals surface area (Å²) >= 11 is 7.56. The molecule has 29 heavy (non-hydrogen) atoms. The van der Waals surface area contributed by atoms with Crippen molar-refractivity contribution >= 4 is 41.0 Å². The third-order valence-electron chi connectivity index (χ3n) is 4.18. The maximum absolute atomic E-state index is 10.8. The first-order valence-electron chi connectivity index (χ1n) is 8.67. The zero-order valence-corrected chi connectivity index (χ0v) is 16.7. The number of nitro groups is 1. The molecule has 0 aromatic heterocycles. The van der Waals surface area contributed by atoms with Gasteiger partial charge in [0, 0.05) is 46.1 Å². The Morgan fingerprint density at radius 3 is 2.52 bits per heavy atom. The number of phenols is 1. The van der Waals surface area contributed by atoms with Gasteiger partial charge in [0.2, 0.25) is 0 Å². The van der Waals surface area contributed by atoms with Gasteiger partial charge in [-0.05, 0) is 35.9 Å². The third kappa shape index (κ3) is 5.28. The Kier molecular flexibility index (Phi) is 6.74. The van der Waals surface area contributed by atoms with Crippen molar-refractivity contribution in [3.05, 3.63) is 86.9 Å². The van der Waals surface area contributed by atoms with E-state index in [0.717, 1.165) is 15.4 Å². The lowest BCUT2D eigenvalue weighted by atomic mass is 10.1. The first-order chi connectivity index (χ1) is 14.0. The van der Waals surface area contributed by atoms with E-state index in [1.54, 1.807) is 24.3 Å². The number of anilines is 1. The fourth-order valence-electron chi connectivity index (χ4n) is 2.71. The number of benzene rings is 3. The molecule has 2 N–H and O–H groups in total. The molecule has 0 saturated heterocycles. The van der Waals surface area contributed by atoms with Crippen molar-refractivity contribution in [2.45, 2.75) is 22.8 Å². The Morgan fingerprint density at radius 1 is 1.10 bits per heavy atom. The summed E-state index contributed by atoms with van der Waals surface area (Å²) in [6.07, 6.45) is 0.791. The minimum Gasteiger partial charge on any atom is -0.506 e. The predicted octanol–water partition coefficient (Wildman–Crippen LogP) is 5.46. The number of non-ortho nitro benzene ring substituents is 1. The van der Waals surface area contributed by atoms with Gasteiger partial charge >= 0.3 is 0 Å². The minimum absolute atomic E-state index is 0.0552. The standard InChI is InChI=1S/C21H17ClN2O4S/c22-19-12-16(11-14(9-10-25)21(19)26)23-13-15-3-1-2-4-20(15)29-18-7-5-17(6-8-18)24(27)28/h1-8,10-12,23,26H,9,13H2. The fourth-order valence-corrected chi connectivity index (χ4v) is 3.90. The smallest absolute Gasteiger partial charge is 0.269 e. The third-order valence-corrected chi connectivity index (χ3v) is 5.59. The number of hydrogen-bond acceptors (Lipinski definition) is 6. The van der Waals surface area contributed by atoms with Crippen molar-refractivity contribution in [2.24, 2.45) is 0 Å². The van der Waals surface area contributed by atoms with Crippen molar-refractivity contribution in [1.82, 2.24) is 0 Å². The van der Waals surface area contributed by atoms with Crippen molar-refractivity contribution in [2.75, 3.05) is 5.32 Å². The van der Waals surface area contributed by atoms with Gasteiger partial charge in [0.15, 0.2) is 0 Å². The van der Waals surface area contributed by atoms with Crippen molar-refractivity contribution in [3.63, 3.8) is 0 Å². The number of phenolic OH excluding ortho intramolecular Hbond substituents is 1. The molecule has 0 aliphatic rings. The number of aromatic hydroxyl groups is 1. The van der Waals surface area contributed by atoms with Gasteiger partial charge in [0.05, 0.1) is 9.95 Å². The van der Waals surface area contributed by atoms with Crippen LogP contribution < -0.4 is 5.32 Å². The van der Waals surface area contributed by atoms with Crippen LogP contribution in [-0.2, 0) is 17.8 Å². The van der Waals surface area contributed by atoms with Crippen LogP contribution in [0, 0.1) is 10.1 Å². The highest BCUT2D eigenvalue weighted by atomic mass is 35.5. The van der Waals surface area contributed by atoms with E-state index < -0.39 is 4.92 Å². The Bertz CT molecular complexity index is 1040. The number of nitro benzene ring substituents is 1. The van der Waals surface area contributed by atoms with Crippen molar-refractivity contribution in [3.8, 4) is 5.75 Å². The summed E-state index contributed by atoms with van der Waals surface area (Å²) in [7, 11) is 0. The largest absolute Gasteiger partial charge is 0.506 e. The summed E-state index contributed by atoms with van der Waals surface area (Å²) in [5, 5.41) is 24.2. The van der Waals surface area contributed by atoms with E-state index in [0.29, 0.717) is 24.1 Å². The number of nitrogens with one attached hydrogen (secondary N) is 1. The highest BCUT2D eigenvalue weighted by Gasteiger charge is 2.10. The van der Waals surface area contributed by atoms with Crippen LogP contribution in [0.25, 0.3) is 0 Å². The molecule has 0 spiro atoms. The lowest BCUT2D eigenvalue weighted by Gasteiger charge is -2.13. The second-order valence-electron chi connectivity index (χ2n) is 6.15. The van der Waals surface area contributed by atoms with Gasteiger partial charge in [-0.15, -0.1) is 0 Å². The number of rotatable bonds is 8. The fraction of sp³-hybridized carbons (Fsp3) is 0.0952. The van der Waals surface area contributed by atoms with Crippen LogP contribution in [0.3, 0.4) is 0 Å². The molecular formula is C21H17ClN2O4S. The van der Waals surface area contributed by atoms with Gasteiger partial charge in [-0.1, -0.05) is 41.6 Å². The van der Waals surface area contributed by atoms with Crippen LogP contribution >= 0.6 is 23.4 Å². The van der Waals surface area contributed by atoms with Gasteiger partial charge in [0.1, 0.15) is 12.0 Å². The molecule has 6 nitrogen and oxygen atoms in total. The Hall–Kier alpha value is -3.03.